The number of rotatable bonds is 7. The Kier molecular flexibility index (Phi) is 6.02. The number of amides is 1. The molecule has 0 bridgehead atoms. The number of halogens is 1. The number of ether oxygens (including phenoxy) is 3. The fourth-order valence-electron chi connectivity index (χ4n) is 3.67. The van der Waals surface area contributed by atoms with Gasteiger partial charge in [0.1, 0.15) is 6.10 Å². The Balaban J connectivity index is 1.36. The molecular formula is C24H23FN2O4. The Morgan fingerprint density at radius 1 is 1.16 bits per heavy atom. The van der Waals surface area contributed by atoms with E-state index in [9.17, 15) is 9.18 Å². The summed E-state index contributed by atoms with van der Waals surface area (Å²) >= 11 is 0. The molecule has 1 aliphatic heterocycles. The number of carbonyl (C=O) groups is 1. The minimum atomic E-state index is -0.407. The van der Waals surface area contributed by atoms with Gasteiger partial charge in [-0.3, -0.25) is 9.78 Å². The van der Waals surface area contributed by atoms with Gasteiger partial charge < -0.3 is 19.5 Å². The molecule has 1 atom stereocenters. The van der Waals surface area contributed by atoms with Crippen LogP contribution in [0, 0.1) is 5.82 Å². The molecule has 6 nitrogen and oxygen atoms in total. The second kappa shape index (κ2) is 9.04. The molecule has 2 heterocycles. The van der Waals surface area contributed by atoms with Crippen molar-refractivity contribution in [2.75, 3.05) is 20.8 Å². The van der Waals surface area contributed by atoms with Crippen LogP contribution in [0.4, 0.5) is 4.39 Å². The summed E-state index contributed by atoms with van der Waals surface area (Å²) < 4.78 is 30.8. The van der Waals surface area contributed by atoms with Crippen LogP contribution in [0.25, 0.3) is 11.1 Å². The summed E-state index contributed by atoms with van der Waals surface area (Å²) in [5, 5.41) is 2.87. The molecule has 0 spiro atoms. The number of fused-ring (bicyclic) bond motifs is 1. The Labute approximate surface area is 180 Å². The van der Waals surface area contributed by atoms with Gasteiger partial charge in [0.25, 0.3) is 0 Å². The van der Waals surface area contributed by atoms with E-state index in [1.807, 2.05) is 24.3 Å². The first kappa shape index (κ1) is 20.7. The zero-order valence-corrected chi connectivity index (χ0v) is 17.4. The summed E-state index contributed by atoms with van der Waals surface area (Å²) in [6, 6.07) is 12.4. The standard InChI is InChI=1S/C24H23FN2O4/c1-29-21-6-5-15(8-22(21)30-2)9-23(28)27-14-19-11-18-10-17(12-20(25)24(18)31-19)16-4-3-7-26-13-16/h3-8,10,12-13,19H,9,11,14H2,1-2H3,(H,27,28)/t19-/m1/s1. The van der Waals surface area contributed by atoms with Gasteiger partial charge >= 0.3 is 0 Å². The number of benzene rings is 2. The first-order chi connectivity index (χ1) is 15.1. The monoisotopic (exact) mass is 422 g/mol. The maximum absolute atomic E-state index is 14.6. The number of pyridine rings is 1. The Bertz CT molecular complexity index is 1090. The van der Waals surface area contributed by atoms with Crippen molar-refractivity contribution in [1.29, 1.82) is 0 Å². The van der Waals surface area contributed by atoms with E-state index in [-0.39, 0.29) is 24.2 Å². The summed E-state index contributed by atoms with van der Waals surface area (Å²) in [5.41, 5.74) is 3.19. The van der Waals surface area contributed by atoms with Crippen LogP contribution in [-0.2, 0) is 17.6 Å². The number of nitrogens with one attached hydrogen (secondary N) is 1. The number of aromatic nitrogens is 1. The number of hydrogen-bond acceptors (Lipinski definition) is 5. The molecule has 0 radical (unpaired) electrons. The average molecular weight is 422 g/mol. The van der Waals surface area contributed by atoms with Crippen LogP contribution in [0.2, 0.25) is 0 Å². The second-order valence-electron chi connectivity index (χ2n) is 7.30. The predicted octanol–water partition coefficient (Wildman–Crippen LogP) is 3.57. The highest BCUT2D eigenvalue weighted by molar-refractivity contribution is 5.78. The van der Waals surface area contributed by atoms with Crippen LogP contribution in [0.1, 0.15) is 11.1 Å². The van der Waals surface area contributed by atoms with Gasteiger partial charge in [-0.2, -0.15) is 0 Å². The quantitative estimate of drug-likeness (QED) is 0.631. The van der Waals surface area contributed by atoms with E-state index in [0.717, 1.165) is 22.3 Å². The Morgan fingerprint density at radius 3 is 2.74 bits per heavy atom. The lowest BCUT2D eigenvalue weighted by Gasteiger charge is -2.13. The molecule has 160 valence electrons. The topological polar surface area (TPSA) is 69.7 Å². The van der Waals surface area contributed by atoms with Gasteiger partial charge in [-0.05, 0) is 41.5 Å². The van der Waals surface area contributed by atoms with Crippen molar-refractivity contribution in [3.8, 4) is 28.4 Å². The van der Waals surface area contributed by atoms with Gasteiger partial charge in [-0.1, -0.05) is 12.1 Å². The highest BCUT2D eigenvalue weighted by atomic mass is 19.1. The predicted molar refractivity (Wildman–Crippen MR) is 114 cm³/mol. The molecule has 1 N–H and O–H groups in total. The first-order valence-electron chi connectivity index (χ1n) is 9.94. The third kappa shape index (κ3) is 4.60. The molecule has 0 aliphatic carbocycles. The molecule has 7 heteroatoms. The zero-order chi connectivity index (χ0) is 21.8. The third-order valence-electron chi connectivity index (χ3n) is 5.19. The zero-order valence-electron chi connectivity index (χ0n) is 17.4. The van der Waals surface area contributed by atoms with Crippen LogP contribution >= 0.6 is 0 Å². The van der Waals surface area contributed by atoms with Crippen molar-refractivity contribution < 1.29 is 23.4 Å². The Hall–Kier alpha value is -3.61. The third-order valence-corrected chi connectivity index (χ3v) is 5.19. The van der Waals surface area contributed by atoms with Gasteiger partial charge in [-0.25, -0.2) is 4.39 Å². The normalized spacial score (nSPS) is 14.5. The molecule has 1 aromatic heterocycles. The van der Waals surface area contributed by atoms with Crippen molar-refractivity contribution in [2.45, 2.75) is 18.9 Å². The van der Waals surface area contributed by atoms with Crippen molar-refractivity contribution >= 4 is 5.91 Å². The highest BCUT2D eigenvalue weighted by Gasteiger charge is 2.27. The Morgan fingerprint density at radius 2 is 2.00 bits per heavy atom. The van der Waals surface area contributed by atoms with E-state index >= 15 is 0 Å². The van der Waals surface area contributed by atoms with Gasteiger partial charge in [0.15, 0.2) is 23.1 Å². The summed E-state index contributed by atoms with van der Waals surface area (Å²) in [6.07, 6.45) is 3.78. The van der Waals surface area contributed by atoms with Crippen molar-refractivity contribution in [3.05, 3.63) is 71.8 Å². The fraction of sp³-hybridized carbons (Fsp3) is 0.250. The molecule has 1 amide bonds. The average Bonchev–Trinajstić information content (AvgIpc) is 3.22. The van der Waals surface area contributed by atoms with E-state index in [1.165, 1.54) is 6.07 Å². The smallest absolute Gasteiger partial charge is 0.224 e. The van der Waals surface area contributed by atoms with Crippen molar-refractivity contribution in [3.63, 3.8) is 0 Å². The lowest BCUT2D eigenvalue weighted by Crippen LogP contribution is -2.35. The molecule has 1 aliphatic rings. The van der Waals surface area contributed by atoms with Crippen LogP contribution in [0.3, 0.4) is 0 Å². The van der Waals surface area contributed by atoms with Gasteiger partial charge in [0.05, 0.1) is 27.2 Å². The van der Waals surface area contributed by atoms with E-state index in [4.69, 9.17) is 14.2 Å². The van der Waals surface area contributed by atoms with Crippen LogP contribution in [0.5, 0.6) is 17.2 Å². The summed E-state index contributed by atoms with van der Waals surface area (Å²) in [5.74, 6) is 0.879. The van der Waals surface area contributed by atoms with Crippen molar-refractivity contribution in [2.24, 2.45) is 0 Å². The SMILES string of the molecule is COc1ccc(CC(=O)NC[C@H]2Cc3cc(-c4cccnc4)cc(F)c3O2)cc1OC. The first-order valence-corrected chi connectivity index (χ1v) is 9.94. The molecule has 0 saturated carbocycles. The maximum atomic E-state index is 14.6. The van der Waals surface area contributed by atoms with Crippen LogP contribution < -0.4 is 19.5 Å². The maximum Gasteiger partial charge on any atom is 0.224 e. The van der Waals surface area contributed by atoms with Crippen molar-refractivity contribution in [1.82, 2.24) is 10.3 Å². The lowest BCUT2D eigenvalue weighted by molar-refractivity contribution is -0.120. The summed E-state index contributed by atoms with van der Waals surface area (Å²) in [6.45, 7) is 0.294. The van der Waals surface area contributed by atoms with E-state index in [0.29, 0.717) is 24.5 Å². The molecular weight excluding hydrogens is 399 g/mol. The molecule has 4 rings (SSSR count). The number of methoxy groups -OCH3 is 2. The van der Waals surface area contributed by atoms with E-state index < -0.39 is 5.82 Å². The highest BCUT2D eigenvalue weighted by Crippen LogP contribution is 2.35. The summed E-state index contributed by atoms with van der Waals surface area (Å²) in [7, 11) is 3.11. The minimum absolute atomic E-state index is 0.150. The molecule has 0 saturated heterocycles. The van der Waals surface area contributed by atoms with Gasteiger partial charge in [-0.15, -0.1) is 0 Å². The minimum Gasteiger partial charge on any atom is -0.493 e. The molecule has 3 aromatic rings. The van der Waals surface area contributed by atoms with Crippen LogP contribution in [-0.4, -0.2) is 37.8 Å². The molecule has 31 heavy (non-hydrogen) atoms. The second-order valence-corrected chi connectivity index (χ2v) is 7.30. The fourth-order valence-corrected chi connectivity index (χ4v) is 3.67. The lowest BCUT2D eigenvalue weighted by atomic mass is 10.0. The summed E-state index contributed by atoms with van der Waals surface area (Å²) in [4.78, 5) is 16.5. The van der Waals surface area contributed by atoms with Gasteiger partial charge in [0.2, 0.25) is 5.91 Å². The molecule has 0 unspecified atom stereocenters. The van der Waals surface area contributed by atoms with E-state index in [2.05, 4.69) is 10.3 Å². The largest absolute Gasteiger partial charge is 0.493 e. The number of carbonyl (C=O) groups excluding carboxylic acids is 1. The molecule has 2 aromatic carbocycles. The number of nitrogens with zero attached hydrogens (tertiary/aromatic N) is 1. The number of hydrogen-bond donors (Lipinski definition) is 1. The van der Waals surface area contributed by atoms with Gasteiger partial charge in [0, 0.05) is 29.9 Å². The molecule has 0 fully saturated rings. The van der Waals surface area contributed by atoms with Crippen LogP contribution in [0.15, 0.2) is 54.9 Å². The van der Waals surface area contributed by atoms with E-state index in [1.54, 1.807) is 38.7 Å².